The van der Waals surface area contributed by atoms with Crippen molar-refractivity contribution >= 4 is 28.2 Å². The van der Waals surface area contributed by atoms with Crippen LogP contribution in [-0.4, -0.2) is 26.5 Å². The van der Waals surface area contributed by atoms with E-state index in [1.807, 2.05) is 41.2 Å². The van der Waals surface area contributed by atoms with E-state index in [1.165, 1.54) is 0 Å². The van der Waals surface area contributed by atoms with Crippen molar-refractivity contribution in [2.45, 2.75) is 6.54 Å². The fourth-order valence-corrected chi connectivity index (χ4v) is 2.13. The van der Waals surface area contributed by atoms with Crippen molar-refractivity contribution < 1.29 is 0 Å². The molecule has 0 aliphatic carbocycles. The Hall–Kier alpha value is -2.14. The third-order valence-electron chi connectivity index (χ3n) is 2.83. The first-order valence-electron chi connectivity index (χ1n) is 5.97. The number of rotatable bonds is 4. The van der Waals surface area contributed by atoms with E-state index in [0.717, 1.165) is 29.7 Å². The minimum absolute atomic E-state index is 0.424. The number of hydrogen-bond acceptors (Lipinski definition) is 4. The normalized spacial score (nSPS) is 10.8. The Balaban J connectivity index is 1.79. The topological polar surface area (TPSA) is 55.6 Å². The van der Waals surface area contributed by atoms with Crippen molar-refractivity contribution in [3.05, 3.63) is 47.9 Å². The van der Waals surface area contributed by atoms with Crippen LogP contribution >= 0.6 is 11.6 Å². The third kappa shape index (κ3) is 2.51. The summed E-state index contributed by atoms with van der Waals surface area (Å²) in [5.41, 5.74) is 0. The Bertz CT molecular complexity index is 681. The van der Waals surface area contributed by atoms with E-state index in [4.69, 9.17) is 11.6 Å². The maximum absolute atomic E-state index is 6.03. The van der Waals surface area contributed by atoms with E-state index in [9.17, 15) is 0 Å². The minimum Gasteiger partial charge on any atom is -0.366 e. The molecule has 0 saturated heterocycles. The molecule has 3 rings (SSSR count). The highest BCUT2D eigenvalue weighted by atomic mass is 35.5. The highest BCUT2D eigenvalue weighted by Crippen LogP contribution is 2.25. The van der Waals surface area contributed by atoms with E-state index in [2.05, 4.69) is 20.6 Å². The molecule has 0 atom stereocenters. The Morgan fingerprint density at radius 1 is 1.11 bits per heavy atom. The van der Waals surface area contributed by atoms with Gasteiger partial charge in [-0.2, -0.15) is 5.10 Å². The van der Waals surface area contributed by atoms with Crippen molar-refractivity contribution in [2.75, 3.05) is 11.9 Å². The summed E-state index contributed by atoms with van der Waals surface area (Å²) in [6.07, 6.45) is 3.69. The van der Waals surface area contributed by atoms with Gasteiger partial charge in [0, 0.05) is 29.7 Å². The molecule has 6 heteroatoms. The molecule has 0 fully saturated rings. The van der Waals surface area contributed by atoms with Crippen LogP contribution in [0.2, 0.25) is 5.15 Å². The van der Waals surface area contributed by atoms with Gasteiger partial charge in [-0.15, -0.1) is 10.2 Å². The van der Waals surface area contributed by atoms with Gasteiger partial charge >= 0.3 is 0 Å². The van der Waals surface area contributed by atoms with Crippen molar-refractivity contribution in [1.29, 1.82) is 0 Å². The summed E-state index contributed by atoms with van der Waals surface area (Å²) in [6, 6.07) is 9.71. The second-order valence-corrected chi connectivity index (χ2v) is 4.44. The average Bonchev–Trinajstić information content (AvgIpc) is 2.95. The van der Waals surface area contributed by atoms with Gasteiger partial charge in [0.25, 0.3) is 0 Å². The van der Waals surface area contributed by atoms with E-state index < -0.39 is 0 Å². The van der Waals surface area contributed by atoms with Gasteiger partial charge in [0.15, 0.2) is 11.0 Å². The number of nitrogens with zero attached hydrogens (tertiary/aromatic N) is 4. The predicted molar refractivity (Wildman–Crippen MR) is 75.3 cm³/mol. The lowest BCUT2D eigenvalue weighted by molar-refractivity contribution is 0.637. The van der Waals surface area contributed by atoms with Crippen LogP contribution < -0.4 is 5.32 Å². The van der Waals surface area contributed by atoms with Crippen molar-refractivity contribution in [3.63, 3.8) is 0 Å². The number of benzene rings is 1. The van der Waals surface area contributed by atoms with Gasteiger partial charge in [-0.3, -0.25) is 4.68 Å². The largest absolute Gasteiger partial charge is 0.366 e. The van der Waals surface area contributed by atoms with Crippen molar-refractivity contribution in [2.24, 2.45) is 0 Å². The number of hydrogen-bond donors (Lipinski definition) is 1. The molecule has 0 spiro atoms. The van der Waals surface area contributed by atoms with Gasteiger partial charge in [0.2, 0.25) is 0 Å². The summed E-state index contributed by atoms with van der Waals surface area (Å²) in [7, 11) is 0. The lowest BCUT2D eigenvalue weighted by Gasteiger charge is -2.08. The first-order valence-corrected chi connectivity index (χ1v) is 6.34. The number of fused-ring (bicyclic) bond motifs is 1. The predicted octanol–water partition coefficient (Wildman–Crippen LogP) is 2.59. The van der Waals surface area contributed by atoms with Crippen LogP contribution in [0, 0.1) is 0 Å². The number of nitrogens with one attached hydrogen (secondary N) is 1. The van der Waals surface area contributed by atoms with Crippen molar-refractivity contribution in [3.8, 4) is 0 Å². The summed E-state index contributed by atoms with van der Waals surface area (Å²) in [5.74, 6) is 0.743. The molecule has 0 bridgehead atoms. The first kappa shape index (κ1) is 11.9. The van der Waals surface area contributed by atoms with Gasteiger partial charge in [-0.05, 0) is 6.07 Å². The van der Waals surface area contributed by atoms with E-state index in [-0.39, 0.29) is 0 Å². The zero-order chi connectivity index (χ0) is 13.1. The summed E-state index contributed by atoms with van der Waals surface area (Å²) in [6.45, 7) is 1.49. The number of aromatic nitrogens is 4. The fraction of sp³-hybridized carbons (Fsp3) is 0.154. The monoisotopic (exact) mass is 273 g/mol. The molecule has 3 aromatic rings. The number of anilines is 1. The highest BCUT2D eigenvalue weighted by Gasteiger charge is 2.06. The lowest BCUT2D eigenvalue weighted by Crippen LogP contribution is -2.12. The SMILES string of the molecule is Clc1nnc(NCCn2cccn2)c2ccccc12. The van der Waals surface area contributed by atoms with Gasteiger partial charge in [0.05, 0.1) is 6.54 Å². The van der Waals surface area contributed by atoms with Gasteiger partial charge in [0.1, 0.15) is 0 Å². The molecule has 0 aliphatic rings. The third-order valence-corrected chi connectivity index (χ3v) is 3.11. The molecule has 1 N–H and O–H groups in total. The van der Waals surface area contributed by atoms with E-state index >= 15 is 0 Å². The molecular formula is C13H12ClN5. The van der Waals surface area contributed by atoms with Crippen molar-refractivity contribution in [1.82, 2.24) is 20.0 Å². The molecule has 19 heavy (non-hydrogen) atoms. The van der Waals surface area contributed by atoms with Crippen LogP contribution in [-0.2, 0) is 6.54 Å². The van der Waals surface area contributed by atoms with Crippen LogP contribution in [0.1, 0.15) is 0 Å². The van der Waals surface area contributed by atoms with Gasteiger partial charge in [-0.1, -0.05) is 35.9 Å². The first-order chi connectivity index (χ1) is 9.34. The van der Waals surface area contributed by atoms with Crippen LogP contribution in [0.25, 0.3) is 10.8 Å². The lowest BCUT2D eigenvalue weighted by atomic mass is 10.2. The fourth-order valence-electron chi connectivity index (χ4n) is 1.92. The standard InChI is InChI=1S/C13H12ClN5/c14-12-10-4-1-2-5-11(10)13(18-17-12)15-7-9-19-8-3-6-16-19/h1-6,8H,7,9H2,(H,15,18). The quantitative estimate of drug-likeness (QED) is 0.794. The van der Waals surface area contributed by atoms with Crippen LogP contribution in [0.4, 0.5) is 5.82 Å². The summed E-state index contributed by atoms with van der Waals surface area (Å²) in [5, 5.41) is 17.8. The molecular weight excluding hydrogens is 262 g/mol. The molecule has 5 nitrogen and oxygen atoms in total. The highest BCUT2D eigenvalue weighted by molar-refractivity contribution is 6.34. The molecule has 2 aromatic heterocycles. The summed E-state index contributed by atoms with van der Waals surface area (Å²) < 4.78 is 1.86. The summed E-state index contributed by atoms with van der Waals surface area (Å²) >= 11 is 6.03. The Morgan fingerprint density at radius 3 is 2.74 bits per heavy atom. The molecule has 0 radical (unpaired) electrons. The molecule has 0 aliphatic heterocycles. The maximum atomic E-state index is 6.03. The molecule has 96 valence electrons. The number of halogens is 1. The van der Waals surface area contributed by atoms with Gasteiger partial charge in [-0.25, -0.2) is 0 Å². The second-order valence-electron chi connectivity index (χ2n) is 4.08. The smallest absolute Gasteiger partial charge is 0.159 e. The Labute approximate surface area is 115 Å². The molecule has 1 aromatic carbocycles. The van der Waals surface area contributed by atoms with E-state index in [0.29, 0.717) is 5.15 Å². The van der Waals surface area contributed by atoms with Crippen LogP contribution in [0.15, 0.2) is 42.7 Å². The van der Waals surface area contributed by atoms with Gasteiger partial charge < -0.3 is 5.32 Å². The van der Waals surface area contributed by atoms with E-state index in [1.54, 1.807) is 6.20 Å². The van der Waals surface area contributed by atoms with Crippen LogP contribution in [0.5, 0.6) is 0 Å². The second kappa shape index (κ2) is 5.24. The zero-order valence-corrected chi connectivity index (χ0v) is 10.9. The minimum atomic E-state index is 0.424. The average molecular weight is 274 g/mol. The molecule has 0 saturated carbocycles. The maximum Gasteiger partial charge on any atom is 0.159 e. The molecule has 0 unspecified atom stereocenters. The Kier molecular flexibility index (Phi) is 3.29. The van der Waals surface area contributed by atoms with Crippen LogP contribution in [0.3, 0.4) is 0 Å². The molecule has 0 amide bonds. The zero-order valence-electron chi connectivity index (χ0n) is 10.1. The molecule has 2 heterocycles. The Morgan fingerprint density at radius 2 is 1.95 bits per heavy atom. The summed E-state index contributed by atoms with van der Waals surface area (Å²) in [4.78, 5) is 0.